The maximum atomic E-state index is 12.5. The number of imidazole rings is 1. The van der Waals surface area contributed by atoms with Crippen LogP contribution in [-0.2, 0) is 4.74 Å². The summed E-state index contributed by atoms with van der Waals surface area (Å²) in [6.45, 7) is 4.53. The molecular weight excluding hydrogens is 436 g/mol. The van der Waals surface area contributed by atoms with Crippen LogP contribution < -0.4 is 15.0 Å². The van der Waals surface area contributed by atoms with Crippen LogP contribution in [-0.4, -0.2) is 69.8 Å². The van der Waals surface area contributed by atoms with Gasteiger partial charge in [0.15, 0.2) is 0 Å². The molecule has 10 nitrogen and oxygen atoms in total. The highest BCUT2D eigenvalue weighted by Gasteiger charge is 2.26. The summed E-state index contributed by atoms with van der Waals surface area (Å²) in [4.78, 5) is 38.9. The summed E-state index contributed by atoms with van der Waals surface area (Å²) in [5.41, 5.74) is 2.19. The first kappa shape index (κ1) is 22.3. The molecule has 1 aliphatic heterocycles. The number of carbonyl (C=O) groups excluding carboxylic acids is 2. The Labute approximate surface area is 197 Å². The van der Waals surface area contributed by atoms with E-state index in [1.807, 2.05) is 0 Å². The second-order valence-corrected chi connectivity index (χ2v) is 8.75. The molecule has 2 aliphatic rings. The van der Waals surface area contributed by atoms with Gasteiger partial charge in [0.25, 0.3) is 5.91 Å². The van der Waals surface area contributed by atoms with Crippen LogP contribution in [0.2, 0.25) is 0 Å². The summed E-state index contributed by atoms with van der Waals surface area (Å²) in [7, 11) is 0. The molecule has 0 radical (unpaired) electrons. The van der Waals surface area contributed by atoms with E-state index in [-0.39, 0.29) is 29.7 Å². The summed E-state index contributed by atoms with van der Waals surface area (Å²) < 4.78 is 13.3. The maximum Gasteiger partial charge on any atom is 0.271 e. The second-order valence-electron chi connectivity index (χ2n) is 8.75. The van der Waals surface area contributed by atoms with Gasteiger partial charge >= 0.3 is 0 Å². The normalized spacial score (nSPS) is 20.8. The number of hydrogen-bond acceptors (Lipinski definition) is 8. The van der Waals surface area contributed by atoms with E-state index in [1.54, 1.807) is 12.5 Å². The number of aromatic nitrogens is 4. The number of benzene rings is 1. The lowest BCUT2D eigenvalue weighted by Gasteiger charge is -2.31. The van der Waals surface area contributed by atoms with Crippen LogP contribution in [0.3, 0.4) is 0 Å². The van der Waals surface area contributed by atoms with Gasteiger partial charge in [-0.1, -0.05) is 0 Å². The molecule has 1 aromatic carbocycles. The van der Waals surface area contributed by atoms with E-state index in [0.717, 1.165) is 61.1 Å². The van der Waals surface area contributed by atoms with E-state index in [0.29, 0.717) is 13.2 Å². The van der Waals surface area contributed by atoms with Gasteiger partial charge in [-0.15, -0.1) is 0 Å². The number of anilines is 1. The van der Waals surface area contributed by atoms with E-state index >= 15 is 0 Å². The van der Waals surface area contributed by atoms with E-state index in [2.05, 4.69) is 37.3 Å². The van der Waals surface area contributed by atoms with Crippen molar-refractivity contribution in [1.82, 2.24) is 24.8 Å². The number of nitrogens with one attached hydrogen (secondary N) is 1. The quantitative estimate of drug-likeness (QED) is 0.613. The van der Waals surface area contributed by atoms with Crippen molar-refractivity contribution in [2.24, 2.45) is 0 Å². The van der Waals surface area contributed by atoms with Crippen molar-refractivity contribution in [1.29, 1.82) is 0 Å². The van der Waals surface area contributed by atoms with Gasteiger partial charge in [-0.25, -0.2) is 15.0 Å². The zero-order valence-corrected chi connectivity index (χ0v) is 19.1. The summed E-state index contributed by atoms with van der Waals surface area (Å²) in [6.07, 6.45) is 9.49. The smallest absolute Gasteiger partial charge is 0.271 e. The van der Waals surface area contributed by atoms with E-state index in [1.165, 1.54) is 24.0 Å². The van der Waals surface area contributed by atoms with Crippen molar-refractivity contribution in [3.63, 3.8) is 0 Å². The van der Waals surface area contributed by atoms with Gasteiger partial charge in [0.1, 0.15) is 24.1 Å². The SMILES string of the molecule is CC(=O)n1cnc(C(=O)N[C@H]2CC[C@@H](Oc3cc(N4CCOCC4)cc4ncncc34)CC2)c1. The predicted octanol–water partition coefficient (Wildman–Crippen LogP) is 2.44. The predicted molar refractivity (Wildman–Crippen MR) is 125 cm³/mol. The Morgan fingerprint density at radius 1 is 1.12 bits per heavy atom. The zero-order chi connectivity index (χ0) is 23.5. The number of amides is 1. The van der Waals surface area contributed by atoms with Gasteiger partial charge in [0, 0.05) is 50.2 Å². The molecule has 0 unspecified atom stereocenters. The fourth-order valence-electron chi connectivity index (χ4n) is 4.52. The van der Waals surface area contributed by atoms with Crippen LogP contribution in [0.15, 0.2) is 37.2 Å². The second kappa shape index (κ2) is 9.76. The Bertz CT molecular complexity index is 1180. The molecule has 1 N–H and O–H groups in total. The number of morpholine rings is 1. The molecule has 5 rings (SSSR count). The summed E-state index contributed by atoms with van der Waals surface area (Å²) >= 11 is 0. The highest BCUT2D eigenvalue weighted by atomic mass is 16.5. The molecule has 0 bridgehead atoms. The Morgan fingerprint density at radius 3 is 2.65 bits per heavy atom. The lowest BCUT2D eigenvalue weighted by atomic mass is 9.92. The van der Waals surface area contributed by atoms with Crippen LogP contribution in [0.1, 0.15) is 47.9 Å². The Hall–Kier alpha value is -3.53. The molecule has 178 valence electrons. The average molecular weight is 465 g/mol. The van der Waals surface area contributed by atoms with Gasteiger partial charge in [0.05, 0.1) is 30.2 Å². The van der Waals surface area contributed by atoms with Gasteiger partial charge in [-0.05, 0) is 31.7 Å². The van der Waals surface area contributed by atoms with Gasteiger partial charge in [-0.2, -0.15) is 0 Å². The van der Waals surface area contributed by atoms with Crippen molar-refractivity contribution < 1.29 is 19.1 Å². The molecule has 1 amide bonds. The molecule has 3 aromatic rings. The topological polar surface area (TPSA) is 111 Å². The fraction of sp³-hybridized carbons (Fsp3) is 0.458. The number of carbonyl (C=O) groups is 2. The minimum absolute atomic E-state index is 0.0495. The minimum Gasteiger partial charge on any atom is -0.490 e. The standard InChI is InChI=1S/C24H28N6O4/c1-16(31)30-13-22(27-15-30)24(32)28-17-2-4-19(5-3-17)34-23-11-18(29-6-8-33-9-7-29)10-21-20(23)12-25-14-26-21/h10-15,17,19H,2-9H2,1H3,(H,28,32)/t17-,19+. The molecule has 3 heterocycles. The lowest BCUT2D eigenvalue weighted by Crippen LogP contribution is -2.40. The number of rotatable bonds is 5. The van der Waals surface area contributed by atoms with Crippen LogP contribution in [0, 0.1) is 0 Å². The number of hydrogen-bond donors (Lipinski definition) is 1. The Morgan fingerprint density at radius 2 is 1.91 bits per heavy atom. The minimum atomic E-state index is -0.259. The van der Waals surface area contributed by atoms with Crippen LogP contribution in [0.4, 0.5) is 5.69 Å². The molecule has 0 atom stereocenters. The van der Waals surface area contributed by atoms with Crippen molar-refractivity contribution in [3.8, 4) is 5.75 Å². The third kappa shape index (κ3) is 4.86. The van der Waals surface area contributed by atoms with Crippen LogP contribution >= 0.6 is 0 Å². The molecular formula is C24H28N6O4. The summed E-state index contributed by atoms with van der Waals surface area (Å²) in [5, 5.41) is 3.93. The van der Waals surface area contributed by atoms with E-state index < -0.39 is 0 Å². The molecule has 2 aromatic heterocycles. The van der Waals surface area contributed by atoms with Crippen molar-refractivity contribution >= 4 is 28.4 Å². The highest BCUT2D eigenvalue weighted by Crippen LogP contribution is 2.33. The van der Waals surface area contributed by atoms with Crippen molar-refractivity contribution in [3.05, 3.63) is 42.9 Å². The molecule has 0 spiro atoms. The molecule has 1 saturated heterocycles. The third-order valence-corrected chi connectivity index (χ3v) is 6.43. The third-order valence-electron chi connectivity index (χ3n) is 6.43. The van der Waals surface area contributed by atoms with Gasteiger partial charge < -0.3 is 19.7 Å². The fourth-order valence-corrected chi connectivity index (χ4v) is 4.52. The molecule has 34 heavy (non-hydrogen) atoms. The summed E-state index contributed by atoms with van der Waals surface area (Å²) in [6, 6.07) is 4.21. The average Bonchev–Trinajstić information content (AvgIpc) is 3.37. The number of ether oxygens (including phenoxy) is 2. The largest absolute Gasteiger partial charge is 0.490 e. The number of fused-ring (bicyclic) bond motifs is 1. The molecule has 2 fully saturated rings. The first-order chi connectivity index (χ1) is 16.6. The van der Waals surface area contributed by atoms with Gasteiger partial charge in [0.2, 0.25) is 5.91 Å². The maximum absolute atomic E-state index is 12.5. The zero-order valence-electron chi connectivity index (χ0n) is 19.1. The first-order valence-corrected chi connectivity index (χ1v) is 11.7. The lowest BCUT2D eigenvalue weighted by molar-refractivity contribution is 0.0890. The highest BCUT2D eigenvalue weighted by molar-refractivity contribution is 5.93. The number of nitrogens with zero attached hydrogens (tertiary/aromatic N) is 5. The van der Waals surface area contributed by atoms with Crippen molar-refractivity contribution in [2.75, 3.05) is 31.2 Å². The van der Waals surface area contributed by atoms with Crippen LogP contribution in [0.25, 0.3) is 10.9 Å². The van der Waals surface area contributed by atoms with Crippen molar-refractivity contribution in [2.45, 2.75) is 44.8 Å². The molecule has 1 saturated carbocycles. The Balaban J connectivity index is 1.23. The molecule has 1 aliphatic carbocycles. The van der Waals surface area contributed by atoms with E-state index in [9.17, 15) is 9.59 Å². The van der Waals surface area contributed by atoms with Gasteiger partial charge in [-0.3, -0.25) is 14.2 Å². The van der Waals surface area contributed by atoms with Crippen LogP contribution in [0.5, 0.6) is 5.75 Å². The first-order valence-electron chi connectivity index (χ1n) is 11.7. The monoisotopic (exact) mass is 464 g/mol. The summed E-state index contributed by atoms with van der Waals surface area (Å²) in [5.74, 6) is 0.354. The van der Waals surface area contributed by atoms with E-state index in [4.69, 9.17) is 9.47 Å². The molecule has 10 heteroatoms. The Kier molecular flexibility index (Phi) is 6.39.